The first-order valence-electron chi connectivity index (χ1n) is 6.60. The van der Waals surface area contributed by atoms with Gasteiger partial charge in [0.15, 0.2) is 0 Å². The Labute approximate surface area is 128 Å². The molecule has 0 aliphatic heterocycles. The van der Waals surface area contributed by atoms with Crippen LogP contribution in [-0.4, -0.2) is 12.1 Å². The van der Waals surface area contributed by atoms with E-state index in [-0.39, 0.29) is 12.8 Å². The number of carbonyl (C=O) groups is 1. The van der Waals surface area contributed by atoms with E-state index in [9.17, 15) is 22.4 Å². The minimum Gasteiger partial charge on any atom is -0.325 e. The molecule has 0 aromatic heterocycles. The summed E-state index contributed by atoms with van der Waals surface area (Å²) in [6.07, 6.45) is -3.54. The Morgan fingerprint density at radius 3 is 2.62 bits per heavy atom. The van der Waals surface area contributed by atoms with E-state index in [0.717, 1.165) is 0 Å². The zero-order valence-corrected chi connectivity index (χ0v) is 12.6. The van der Waals surface area contributed by atoms with Gasteiger partial charge in [-0.1, -0.05) is 6.42 Å². The van der Waals surface area contributed by atoms with Crippen LogP contribution in [0.5, 0.6) is 0 Å². The van der Waals surface area contributed by atoms with Crippen molar-refractivity contribution in [3.05, 3.63) is 28.5 Å². The van der Waals surface area contributed by atoms with Gasteiger partial charge in [0, 0.05) is 10.4 Å². The van der Waals surface area contributed by atoms with Crippen LogP contribution >= 0.6 is 15.9 Å². The van der Waals surface area contributed by atoms with Gasteiger partial charge in [0.2, 0.25) is 5.91 Å². The van der Waals surface area contributed by atoms with Gasteiger partial charge in [-0.05, 0) is 53.4 Å². The Morgan fingerprint density at radius 2 is 2.00 bits per heavy atom. The first-order valence-corrected chi connectivity index (χ1v) is 7.39. The van der Waals surface area contributed by atoms with Gasteiger partial charge in [0.25, 0.3) is 0 Å². The predicted molar refractivity (Wildman–Crippen MR) is 74.2 cm³/mol. The van der Waals surface area contributed by atoms with Crippen molar-refractivity contribution in [2.24, 2.45) is 11.8 Å². The van der Waals surface area contributed by atoms with E-state index in [1.54, 1.807) is 0 Å². The molecule has 0 saturated heterocycles. The highest BCUT2D eigenvalue weighted by Crippen LogP contribution is 2.40. The molecule has 1 fully saturated rings. The van der Waals surface area contributed by atoms with Crippen LogP contribution in [-0.2, 0) is 4.79 Å². The van der Waals surface area contributed by atoms with Crippen molar-refractivity contribution in [2.45, 2.75) is 31.9 Å². The normalized spacial score (nSPS) is 22.9. The van der Waals surface area contributed by atoms with Crippen LogP contribution in [0.15, 0.2) is 22.7 Å². The molecule has 116 valence electrons. The largest absolute Gasteiger partial charge is 0.391 e. The summed E-state index contributed by atoms with van der Waals surface area (Å²) in [6, 6.07) is 3.75. The van der Waals surface area contributed by atoms with E-state index in [2.05, 4.69) is 21.2 Å². The van der Waals surface area contributed by atoms with Gasteiger partial charge in [-0.3, -0.25) is 4.79 Å². The van der Waals surface area contributed by atoms with Gasteiger partial charge < -0.3 is 5.32 Å². The van der Waals surface area contributed by atoms with Crippen molar-refractivity contribution in [3.8, 4) is 0 Å². The fourth-order valence-electron chi connectivity index (χ4n) is 2.55. The van der Waals surface area contributed by atoms with Crippen molar-refractivity contribution in [3.63, 3.8) is 0 Å². The van der Waals surface area contributed by atoms with Crippen molar-refractivity contribution < 1.29 is 22.4 Å². The molecule has 0 heterocycles. The topological polar surface area (TPSA) is 29.1 Å². The van der Waals surface area contributed by atoms with E-state index in [4.69, 9.17) is 0 Å². The Morgan fingerprint density at radius 1 is 1.29 bits per heavy atom. The summed E-state index contributed by atoms with van der Waals surface area (Å²) in [5.41, 5.74) is 0.357. The van der Waals surface area contributed by atoms with Gasteiger partial charge in [0.05, 0.1) is 11.6 Å². The number of nitrogens with one attached hydrogen (secondary N) is 1. The third-order valence-corrected chi connectivity index (χ3v) is 4.35. The standard InChI is InChI=1S/C14H14BrF4NO/c15-11-7-10(16)4-5-12(11)20-13(21)8-2-1-3-9(6-8)14(17,18)19/h4-5,7-9H,1-3,6H2,(H,20,21). The van der Waals surface area contributed by atoms with Crippen LogP contribution in [0.3, 0.4) is 0 Å². The zero-order valence-electron chi connectivity index (χ0n) is 11.0. The summed E-state index contributed by atoms with van der Waals surface area (Å²) in [5.74, 6) is -2.99. The number of halogens is 5. The molecule has 7 heteroatoms. The van der Waals surface area contributed by atoms with Gasteiger partial charge in [-0.25, -0.2) is 4.39 Å². The maximum atomic E-state index is 13.0. The fourth-order valence-corrected chi connectivity index (χ4v) is 3.00. The lowest BCUT2D eigenvalue weighted by atomic mass is 9.80. The van der Waals surface area contributed by atoms with Crippen LogP contribution in [0.4, 0.5) is 23.2 Å². The average molecular weight is 368 g/mol. The van der Waals surface area contributed by atoms with Crippen LogP contribution in [0.2, 0.25) is 0 Å². The smallest absolute Gasteiger partial charge is 0.325 e. The molecular weight excluding hydrogens is 354 g/mol. The highest BCUT2D eigenvalue weighted by Gasteiger charge is 2.43. The second kappa shape index (κ2) is 6.34. The number of benzene rings is 1. The molecular formula is C14H14BrF4NO. The predicted octanol–water partition coefficient (Wildman–Crippen LogP) is 4.90. The molecule has 1 aliphatic carbocycles. The number of alkyl halides is 3. The summed E-state index contributed by atoms with van der Waals surface area (Å²) in [5, 5.41) is 2.56. The monoisotopic (exact) mass is 367 g/mol. The number of carbonyl (C=O) groups excluding carboxylic acids is 1. The Kier molecular flexibility index (Phi) is 4.91. The number of hydrogen-bond donors (Lipinski definition) is 1. The third-order valence-electron chi connectivity index (χ3n) is 3.70. The number of rotatable bonds is 2. The second-order valence-corrected chi connectivity index (χ2v) is 6.07. The summed E-state index contributed by atoms with van der Waals surface area (Å²) in [6.45, 7) is 0. The number of amides is 1. The molecule has 1 amide bonds. The molecule has 1 N–H and O–H groups in total. The summed E-state index contributed by atoms with van der Waals surface area (Å²) in [4.78, 5) is 12.1. The van der Waals surface area contributed by atoms with Crippen LogP contribution in [0.25, 0.3) is 0 Å². The average Bonchev–Trinajstić information content (AvgIpc) is 2.41. The van der Waals surface area contributed by atoms with Crippen molar-refractivity contribution in [1.82, 2.24) is 0 Å². The van der Waals surface area contributed by atoms with Gasteiger partial charge in [-0.15, -0.1) is 0 Å². The summed E-state index contributed by atoms with van der Waals surface area (Å²) >= 11 is 3.11. The van der Waals surface area contributed by atoms with E-state index < -0.39 is 29.7 Å². The third kappa shape index (κ3) is 4.18. The van der Waals surface area contributed by atoms with E-state index >= 15 is 0 Å². The lowest BCUT2D eigenvalue weighted by Gasteiger charge is -2.29. The first-order chi connectivity index (χ1) is 9.77. The van der Waals surface area contributed by atoms with Crippen LogP contribution in [0, 0.1) is 17.7 Å². The number of anilines is 1. The zero-order chi connectivity index (χ0) is 15.6. The fraction of sp³-hybridized carbons (Fsp3) is 0.500. The maximum Gasteiger partial charge on any atom is 0.391 e. The van der Waals surface area contributed by atoms with Crippen LogP contribution in [0.1, 0.15) is 25.7 Å². The first kappa shape index (κ1) is 16.3. The molecule has 2 atom stereocenters. The molecule has 21 heavy (non-hydrogen) atoms. The highest BCUT2D eigenvalue weighted by atomic mass is 79.9. The molecule has 1 aromatic rings. The lowest BCUT2D eigenvalue weighted by molar-refractivity contribution is -0.185. The van der Waals surface area contributed by atoms with Crippen molar-refractivity contribution in [2.75, 3.05) is 5.32 Å². The summed E-state index contributed by atoms with van der Waals surface area (Å²) in [7, 11) is 0. The van der Waals surface area contributed by atoms with E-state index in [1.807, 2.05) is 0 Å². The molecule has 1 aliphatic rings. The Balaban J connectivity index is 2.03. The molecule has 1 saturated carbocycles. The van der Waals surface area contributed by atoms with Gasteiger partial charge >= 0.3 is 6.18 Å². The second-order valence-electron chi connectivity index (χ2n) is 5.22. The van der Waals surface area contributed by atoms with Gasteiger partial charge in [0.1, 0.15) is 5.82 Å². The van der Waals surface area contributed by atoms with Gasteiger partial charge in [-0.2, -0.15) is 13.2 Å². The number of hydrogen-bond acceptors (Lipinski definition) is 1. The quantitative estimate of drug-likeness (QED) is 0.740. The SMILES string of the molecule is O=C(Nc1ccc(F)cc1Br)C1CCCC(C(F)(F)F)C1. The molecule has 0 bridgehead atoms. The molecule has 1 aromatic carbocycles. The van der Waals surface area contributed by atoms with E-state index in [1.165, 1.54) is 18.2 Å². The Hall–Kier alpha value is -1.11. The highest BCUT2D eigenvalue weighted by molar-refractivity contribution is 9.10. The minimum atomic E-state index is -4.25. The van der Waals surface area contributed by atoms with Crippen molar-refractivity contribution >= 4 is 27.5 Å². The van der Waals surface area contributed by atoms with Crippen LogP contribution < -0.4 is 5.32 Å². The Bertz CT molecular complexity index is 532. The molecule has 0 radical (unpaired) electrons. The molecule has 2 unspecified atom stereocenters. The minimum absolute atomic E-state index is 0.0769. The van der Waals surface area contributed by atoms with E-state index in [0.29, 0.717) is 23.0 Å². The van der Waals surface area contributed by atoms with Crippen molar-refractivity contribution in [1.29, 1.82) is 0 Å². The maximum absolute atomic E-state index is 13.0. The summed E-state index contributed by atoms with van der Waals surface area (Å²) < 4.78 is 51.5. The molecule has 2 rings (SSSR count). The lowest BCUT2D eigenvalue weighted by Crippen LogP contribution is -2.34. The molecule has 2 nitrogen and oxygen atoms in total. The molecule has 0 spiro atoms.